The molecule has 0 aliphatic carbocycles. The maximum Gasteiger partial charge on any atom is 0.305 e. The summed E-state index contributed by atoms with van der Waals surface area (Å²) in [5, 5.41) is 8.80. The summed E-state index contributed by atoms with van der Waals surface area (Å²) in [6.45, 7) is 4.75. The van der Waals surface area contributed by atoms with Gasteiger partial charge < -0.3 is 19.5 Å². The number of carbonyl (C=O) groups is 2. The van der Waals surface area contributed by atoms with Crippen molar-refractivity contribution < 1.29 is 24.2 Å². The van der Waals surface area contributed by atoms with Crippen molar-refractivity contribution in [3.05, 3.63) is 24.3 Å². The van der Waals surface area contributed by atoms with Gasteiger partial charge in [0.05, 0.1) is 13.0 Å². The van der Waals surface area contributed by atoms with Gasteiger partial charge >= 0.3 is 5.97 Å². The van der Waals surface area contributed by atoms with Gasteiger partial charge in [0.1, 0.15) is 12.4 Å². The fourth-order valence-corrected chi connectivity index (χ4v) is 1.79. The number of carboxylic acids is 1. The summed E-state index contributed by atoms with van der Waals surface area (Å²) < 4.78 is 10.4. The van der Waals surface area contributed by atoms with Gasteiger partial charge in [-0.1, -0.05) is 13.8 Å². The van der Waals surface area contributed by atoms with Gasteiger partial charge in [-0.3, -0.25) is 9.59 Å². The van der Waals surface area contributed by atoms with Crippen molar-refractivity contribution >= 4 is 17.6 Å². The second-order valence-corrected chi connectivity index (χ2v) is 5.32. The minimum Gasteiger partial charge on any atom is -0.493 e. The van der Waals surface area contributed by atoms with Crippen LogP contribution in [0.1, 0.15) is 20.3 Å². The lowest BCUT2D eigenvalue weighted by atomic mass is 10.2. The highest BCUT2D eigenvalue weighted by Gasteiger charge is 2.16. The normalized spacial score (nSPS) is 10.5. The van der Waals surface area contributed by atoms with Crippen molar-refractivity contribution in [2.24, 2.45) is 5.92 Å². The third-order valence-electron chi connectivity index (χ3n) is 2.85. The van der Waals surface area contributed by atoms with Gasteiger partial charge in [0, 0.05) is 19.3 Å². The Hall–Kier alpha value is -2.08. The Morgan fingerprint density at radius 3 is 2.36 bits per heavy atom. The first kappa shape index (κ1) is 18.0. The molecule has 0 radical (unpaired) electrons. The number of hydrogen-bond acceptors (Lipinski definition) is 4. The van der Waals surface area contributed by atoms with E-state index in [2.05, 4.69) is 13.8 Å². The molecule has 1 aromatic carbocycles. The molecule has 0 heterocycles. The Morgan fingerprint density at radius 2 is 1.86 bits per heavy atom. The minimum atomic E-state index is -0.952. The van der Waals surface area contributed by atoms with E-state index in [0.29, 0.717) is 18.2 Å². The first-order valence-electron chi connectivity index (χ1n) is 7.18. The van der Waals surface area contributed by atoms with Gasteiger partial charge in [-0.15, -0.1) is 0 Å². The van der Waals surface area contributed by atoms with Crippen molar-refractivity contribution in [1.82, 2.24) is 0 Å². The molecule has 0 fully saturated rings. The van der Waals surface area contributed by atoms with Crippen LogP contribution in [-0.4, -0.2) is 43.9 Å². The molecule has 0 aliphatic heterocycles. The molecule has 0 bridgehead atoms. The van der Waals surface area contributed by atoms with E-state index >= 15 is 0 Å². The molecule has 1 amide bonds. The second kappa shape index (κ2) is 9.04. The highest BCUT2D eigenvalue weighted by molar-refractivity contribution is 5.94. The van der Waals surface area contributed by atoms with Crippen LogP contribution < -0.4 is 9.64 Å². The third kappa shape index (κ3) is 6.13. The van der Waals surface area contributed by atoms with Crippen molar-refractivity contribution in [2.75, 3.05) is 31.8 Å². The monoisotopic (exact) mass is 309 g/mol. The number of carbonyl (C=O) groups excluding carboxylic acids is 1. The van der Waals surface area contributed by atoms with Crippen molar-refractivity contribution in [3.8, 4) is 5.75 Å². The number of hydrogen-bond donors (Lipinski definition) is 1. The molecule has 0 saturated carbocycles. The Bertz CT molecular complexity index is 484. The van der Waals surface area contributed by atoms with Crippen LogP contribution in [0.15, 0.2) is 24.3 Å². The SMILES string of the molecule is COCC(=O)N(CCC(=O)O)c1ccc(OCC(C)C)cc1. The molecule has 1 N–H and O–H groups in total. The zero-order chi connectivity index (χ0) is 16.5. The van der Waals surface area contributed by atoms with Crippen LogP contribution in [0.3, 0.4) is 0 Å². The quantitative estimate of drug-likeness (QED) is 0.756. The number of methoxy groups -OCH3 is 1. The first-order chi connectivity index (χ1) is 10.4. The maximum atomic E-state index is 12.0. The highest BCUT2D eigenvalue weighted by Crippen LogP contribution is 2.20. The van der Waals surface area contributed by atoms with Crippen LogP contribution in [0.25, 0.3) is 0 Å². The van der Waals surface area contributed by atoms with E-state index < -0.39 is 5.97 Å². The predicted octanol–water partition coefficient (Wildman–Crippen LogP) is 2.18. The van der Waals surface area contributed by atoms with E-state index in [1.807, 2.05) is 0 Å². The molecule has 0 unspecified atom stereocenters. The van der Waals surface area contributed by atoms with E-state index in [1.165, 1.54) is 12.0 Å². The van der Waals surface area contributed by atoms with Gasteiger partial charge in [0.15, 0.2) is 0 Å². The summed E-state index contributed by atoms with van der Waals surface area (Å²) in [5.74, 6) is -0.0865. The molecule has 122 valence electrons. The van der Waals surface area contributed by atoms with E-state index in [1.54, 1.807) is 24.3 Å². The second-order valence-electron chi connectivity index (χ2n) is 5.32. The molecule has 6 heteroatoms. The zero-order valence-corrected chi connectivity index (χ0v) is 13.2. The van der Waals surface area contributed by atoms with Crippen LogP contribution in [0, 0.1) is 5.92 Å². The van der Waals surface area contributed by atoms with Crippen LogP contribution in [-0.2, 0) is 14.3 Å². The topological polar surface area (TPSA) is 76.1 Å². The number of nitrogens with zero attached hydrogens (tertiary/aromatic N) is 1. The number of carboxylic acid groups (broad SMARTS) is 1. The lowest BCUT2D eigenvalue weighted by Crippen LogP contribution is -2.35. The van der Waals surface area contributed by atoms with Gasteiger partial charge in [0.25, 0.3) is 5.91 Å². The van der Waals surface area contributed by atoms with Crippen molar-refractivity contribution in [1.29, 1.82) is 0 Å². The van der Waals surface area contributed by atoms with E-state index in [9.17, 15) is 9.59 Å². The highest BCUT2D eigenvalue weighted by atomic mass is 16.5. The van der Waals surface area contributed by atoms with Crippen LogP contribution in [0.5, 0.6) is 5.75 Å². The molecule has 1 rings (SSSR count). The Labute approximate surface area is 130 Å². The maximum absolute atomic E-state index is 12.0. The average Bonchev–Trinajstić information content (AvgIpc) is 2.46. The lowest BCUT2D eigenvalue weighted by molar-refractivity contribution is -0.136. The summed E-state index contributed by atoms with van der Waals surface area (Å²) >= 11 is 0. The molecule has 0 aliphatic rings. The van der Waals surface area contributed by atoms with E-state index in [-0.39, 0.29) is 25.5 Å². The number of anilines is 1. The summed E-state index contributed by atoms with van der Waals surface area (Å²) in [4.78, 5) is 24.2. The Balaban J connectivity index is 2.80. The number of amides is 1. The van der Waals surface area contributed by atoms with Gasteiger partial charge in [-0.2, -0.15) is 0 Å². The zero-order valence-electron chi connectivity index (χ0n) is 13.2. The fourth-order valence-electron chi connectivity index (χ4n) is 1.79. The number of aliphatic carboxylic acids is 1. The average molecular weight is 309 g/mol. The summed E-state index contributed by atoms with van der Waals surface area (Å²) in [6.07, 6.45) is -0.124. The number of ether oxygens (including phenoxy) is 2. The predicted molar refractivity (Wildman–Crippen MR) is 83.3 cm³/mol. The molecule has 0 atom stereocenters. The lowest BCUT2D eigenvalue weighted by Gasteiger charge is -2.22. The standard InChI is InChI=1S/C16H23NO5/c1-12(2)10-22-14-6-4-13(5-7-14)17(9-8-16(19)20)15(18)11-21-3/h4-7,12H,8-11H2,1-3H3,(H,19,20). The molecule has 6 nitrogen and oxygen atoms in total. The summed E-state index contributed by atoms with van der Waals surface area (Å²) in [7, 11) is 1.43. The summed E-state index contributed by atoms with van der Waals surface area (Å²) in [5.41, 5.74) is 0.625. The van der Waals surface area contributed by atoms with Crippen molar-refractivity contribution in [3.63, 3.8) is 0 Å². The summed E-state index contributed by atoms with van der Waals surface area (Å²) in [6, 6.07) is 7.02. The minimum absolute atomic E-state index is 0.0920. The third-order valence-corrected chi connectivity index (χ3v) is 2.85. The molecule has 1 aromatic rings. The smallest absolute Gasteiger partial charge is 0.305 e. The van der Waals surface area contributed by atoms with E-state index in [4.69, 9.17) is 14.6 Å². The van der Waals surface area contributed by atoms with Crippen LogP contribution >= 0.6 is 0 Å². The van der Waals surface area contributed by atoms with Crippen molar-refractivity contribution in [2.45, 2.75) is 20.3 Å². The number of rotatable bonds is 9. The Morgan fingerprint density at radius 1 is 1.23 bits per heavy atom. The molecule has 0 saturated heterocycles. The molecule has 22 heavy (non-hydrogen) atoms. The Kier molecular flexibility index (Phi) is 7.39. The number of benzene rings is 1. The molecule has 0 spiro atoms. The largest absolute Gasteiger partial charge is 0.493 e. The first-order valence-corrected chi connectivity index (χ1v) is 7.18. The van der Waals surface area contributed by atoms with E-state index in [0.717, 1.165) is 5.75 Å². The van der Waals surface area contributed by atoms with Crippen LogP contribution in [0.4, 0.5) is 5.69 Å². The van der Waals surface area contributed by atoms with Gasteiger partial charge in [0.2, 0.25) is 0 Å². The molecular formula is C16H23NO5. The van der Waals surface area contributed by atoms with Gasteiger partial charge in [-0.25, -0.2) is 0 Å². The molecule has 0 aromatic heterocycles. The molecular weight excluding hydrogens is 286 g/mol. The fraction of sp³-hybridized carbons (Fsp3) is 0.500. The van der Waals surface area contributed by atoms with Crippen LogP contribution in [0.2, 0.25) is 0 Å². The van der Waals surface area contributed by atoms with Gasteiger partial charge in [-0.05, 0) is 30.2 Å².